The number of ketones is 1. The number of rotatable bonds is 5. The van der Waals surface area contributed by atoms with Gasteiger partial charge in [0.15, 0.2) is 5.78 Å². The maximum absolute atomic E-state index is 11.0. The fourth-order valence-corrected chi connectivity index (χ4v) is 1.09. The highest BCUT2D eigenvalue weighted by Gasteiger charge is 1.99. The number of hydrogen-bond donors (Lipinski definition) is 0. The van der Waals surface area contributed by atoms with Crippen molar-refractivity contribution >= 4 is 5.78 Å². The lowest BCUT2D eigenvalue weighted by Gasteiger charge is -2.04. The molecule has 76 valence electrons. The Balaban J connectivity index is 2.47. The Labute approximate surface area is 84.9 Å². The van der Waals surface area contributed by atoms with Crippen LogP contribution in [0.15, 0.2) is 24.3 Å². The van der Waals surface area contributed by atoms with Gasteiger partial charge >= 0.3 is 0 Å². The van der Waals surface area contributed by atoms with E-state index in [0.29, 0.717) is 6.42 Å². The van der Waals surface area contributed by atoms with Gasteiger partial charge in [0.05, 0.1) is 0 Å². The van der Waals surface area contributed by atoms with Crippen LogP contribution in [0.25, 0.3) is 0 Å². The van der Waals surface area contributed by atoms with E-state index in [2.05, 4.69) is 6.92 Å². The Morgan fingerprint density at radius 1 is 1.21 bits per heavy atom. The van der Waals surface area contributed by atoms with Crippen molar-refractivity contribution in [1.82, 2.24) is 0 Å². The minimum atomic E-state index is 0.129. The van der Waals surface area contributed by atoms with Gasteiger partial charge in [0.1, 0.15) is 12.4 Å². The minimum Gasteiger partial charge on any atom is -0.486 e. The van der Waals surface area contributed by atoms with Crippen LogP contribution in [-0.2, 0) is 11.2 Å². The quantitative estimate of drug-likeness (QED) is 0.716. The molecule has 1 aromatic carbocycles. The normalized spacial score (nSPS) is 9.86. The van der Waals surface area contributed by atoms with E-state index in [4.69, 9.17) is 4.74 Å². The van der Waals surface area contributed by atoms with Crippen molar-refractivity contribution < 1.29 is 9.53 Å². The zero-order valence-corrected chi connectivity index (χ0v) is 8.75. The lowest BCUT2D eigenvalue weighted by Crippen LogP contribution is -2.09. The summed E-state index contributed by atoms with van der Waals surface area (Å²) in [4.78, 5) is 11.0. The number of benzene rings is 1. The zero-order chi connectivity index (χ0) is 10.4. The molecule has 14 heavy (non-hydrogen) atoms. The van der Waals surface area contributed by atoms with E-state index in [1.165, 1.54) is 5.56 Å². The molecule has 0 atom stereocenters. The van der Waals surface area contributed by atoms with Crippen LogP contribution in [0.5, 0.6) is 5.75 Å². The third kappa shape index (κ3) is 3.21. The molecule has 0 aliphatic carbocycles. The summed E-state index contributed by atoms with van der Waals surface area (Å²) in [5.41, 5.74) is 1.28. The molecule has 0 amide bonds. The molecule has 1 rings (SSSR count). The maximum atomic E-state index is 11.0. The molecule has 2 heteroatoms. The molecule has 0 heterocycles. The molecular weight excluding hydrogens is 176 g/mol. The second-order valence-electron chi connectivity index (χ2n) is 3.18. The minimum absolute atomic E-state index is 0.129. The Bertz CT molecular complexity index is 288. The molecule has 0 spiro atoms. The Morgan fingerprint density at radius 2 is 1.86 bits per heavy atom. The van der Waals surface area contributed by atoms with Crippen LogP contribution in [0.3, 0.4) is 0 Å². The number of aryl methyl sites for hydroxylation is 1. The third-order valence-electron chi connectivity index (χ3n) is 2.13. The molecule has 0 saturated heterocycles. The summed E-state index contributed by atoms with van der Waals surface area (Å²) < 4.78 is 5.31. The SMILES string of the molecule is CCC(=O)COc1ccc(CC)cc1. The van der Waals surface area contributed by atoms with Crippen LogP contribution in [-0.4, -0.2) is 12.4 Å². The lowest BCUT2D eigenvalue weighted by atomic mass is 10.2. The zero-order valence-electron chi connectivity index (χ0n) is 8.75. The van der Waals surface area contributed by atoms with Gasteiger partial charge in [-0.15, -0.1) is 0 Å². The predicted molar refractivity (Wildman–Crippen MR) is 56.6 cm³/mol. The summed E-state index contributed by atoms with van der Waals surface area (Å²) in [6, 6.07) is 7.85. The molecule has 0 bridgehead atoms. The smallest absolute Gasteiger partial charge is 0.169 e. The highest BCUT2D eigenvalue weighted by atomic mass is 16.5. The van der Waals surface area contributed by atoms with Gasteiger partial charge in [-0.2, -0.15) is 0 Å². The van der Waals surface area contributed by atoms with Gasteiger partial charge in [0.25, 0.3) is 0 Å². The molecule has 0 aromatic heterocycles. The fraction of sp³-hybridized carbons (Fsp3) is 0.417. The average Bonchev–Trinajstić information content (AvgIpc) is 2.26. The van der Waals surface area contributed by atoms with Crippen molar-refractivity contribution in [2.24, 2.45) is 0 Å². The van der Waals surface area contributed by atoms with Crippen molar-refractivity contribution in [2.45, 2.75) is 26.7 Å². The highest BCUT2D eigenvalue weighted by molar-refractivity contribution is 5.79. The third-order valence-corrected chi connectivity index (χ3v) is 2.13. The number of carbonyl (C=O) groups is 1. The van der Waals surface area contributed by atoms with Crippen molar-refractivity contribution in [3.05, 3.63) is 29.8 Å². The molecule has 0 radical (unpaired) electrons. The van der Waals surface area contributed by atoms with Crippen molar-refractivity contribution in [3.8, 4) is 5.75 Å². The molecule has 0 fully saturated rings. The first-order valence-corrected chi connectivity index (χ1v) is 4.99. The monoisotopic (exact) mass is 192 g/mol. The van der Waals surface area contributed by atoms with Gasteiger partial charge in [-0.25, -0.2) is 0 Å². The summed E-state index contributed by atoms with van der Waals surface area (Å²) in [6.45, 7) is 4.13. The summed E-state index contributed by atoms with van der Waals surface area (Å²) in [7, 11) is 0. The number of hydrogen-bond acceptors (Lipinski definition) is 2. The van der Waals surface area contributed by atoms with Crippen LogP contribution in [0, 0.1) is 0 Å². The molecule has 0 aliphatic heterocycles. The Kier molecular flexibility index (Phi) is 4.17. The predicted octanol–water partition coefficient (Wildman–Crippen LogP) is 2.61. The first-order chi connectivity index (χ1) is 6.76. The van der Waals surface area contributed by atoms with E-state index in [0.717, 1.165) is 12.2 Å². The summed E-state index contributed by atoms with van der Waals surface area (Å²) in [6.07, 6.45) is 1.56. The average molecular weight is 192 g/mol. The summed E-state index contributed by atoms with van der Waals surface area (Å²) in [5, 5.41) is 0. The van der Waals surface area contributed by atoms with Gasteiger partial charge in [-0.1, -0.05) is 26.0 Å². The van der Waals surface area contributed by atoms with Crippen LogP contribution >= 0.6 is 0 Å². The first-order valence-electron chi connectivity index (χ1n) is 4.99. The van der Waals surface area contributed by atoms with E-state index in [1.54, 1.807) is 0 Å². The van der Waals surface area contributed by atoms with Gasteiger partial charge in [-0.3, -0.25) is 4.79 Å². The van der Waals surface area contributed by atoms with E-state index in [1.807, 2.05) is 31.2 Å². The van der Waals surface area contributed by atoms with Gasteiger partial charge in [0.2, 0.25) is 0 Å². The second kappa shape index (κ2) is 5.43. The maximum Gasteiger partial charge on any atom is 0.169 e. The van der Waals surface area contributed by atoms with Gasteiger partial charge in [0, 0.05) is 6.42 Å². The fourth-order valence-electron chi connectivity index (χ4n) is 1.09. The largest absolute Gasteiger partial charge is 0.486 e. The number of ether oxygens (including phenoxy) is 1. The molecule has 2 nitrogen and oxygen atoms in total. The number of carbonyl (C=O) groups excluding carboxylic acids is 1. The second-order valence-corrected chi connectivity index (χ2v) is 3.18. The van der Waals surface area contributed by atoms with Crippen molar-refractivity contribution in [1.29, 1.82) is 0 Å². The molecule has 0 N–H and O–H groups in total. The van der Waals surface area contributed by atoms with Crippen molar-refractivity contribution in [3.63, 3.8) is 0 Å². The molecule has 1 aromatic rings. The standard InChI is InChI=1S/C12H16O2/c1-3-10-5-7-12(8-6-10)14-9-11(13)4-2/h5-8H,3-4,9H2,1-2H3. The van der Waals surface area contributed by atoms with Crippen LogP contribution in [0.2, 0.25) is 0 Å². The van der Waals surface area contributed by atoms with Crippen molar-refractivity contribution in [2.75, 3.05) is 6.61 Å². The van der Waals surface area contributed by atoms with E-state index >= 15 is 0 Å². The topological polar surface area (TPSA) is 26.3 Å². The number of Topliss-reactive ketones (excluding diaryl/α,β-unsaturated/α-hetero) is 1. The highest BCUT2D eigenvalue weighted by Crippen LogP contribution is 2.12. The Hall–Kier alpha value is -1.31. The van der Waals surface area contributed by atoms with Crippen LogP contribution in [0.1, 0.15) is 25.8 Å². The van der Waals surface area contributed by atoms with Gasteiger partial charge < -0.3 is 4.74 Å². The van der Waals surface area contributed by atoms with Gasteiger partial charge in [-0.05, 0) is 24.1 Å². The van der Waals surface area contributed by atoms with Crippen LogP contribution in [0.4, 0.5) is 0 Å². The first kappa shape index (κ1) is 10.8. The lowest BCUT2D eigenvalue weighted by molar-refractivity contribution is -0.120. The molecule has 0 saturated carbocycles. The molecular formula is C12H16O2. The molecule has 0 unspecified atom stereocenters. The van der Waals surface area contributed by atoms with E-state index < -0.39 is 0 Å². The summed E-state index contributed by atoms with van der Waals surface area (Å²) in [5.74, 6) is 0.897. The van der Waals surface area contributed by atoms with E-state index in [9.17, 15) is 4.79 Å². The van der Waals surface area contributed by atoms with Crippen LogP contribution < -0.4 is 4.74 Å². The molecule has 0 aliphatic rings. The van der Waals surface area contributed by atoms with E-state index in [-0.39, 0.29) is 12.4 Å². The Morgan fingerprint density at radius 3 is 2.36 bits per heavy atom. The summed E-state index contributed by atoms with van der Waals surface area (Å²) >= 11 is 0.